The average Bonchev–Trinajstić information content (AvgIpc) is 2.82. The van der Waals surface area contributed by atoms with Gasteiger partial charge in [0.25, 0.3) is 0 Å². The summed E-state index contributed by atoms with van der Waals surface area (Å²) in [6, 6.07) is 16.0. The highest BCUT2D eigenvalue weighted by molar-refractivity contribution is 5.89. The van der Waals surface area contributed by atoms with Crippen LogP contribution in [0.25, 0.3) is 0 Å². The van der Waals surface area contributed by atoms with Crippen molar-refractivity contribution in [3.8, 4) is 6.07 Å². The predicted octanol–water partition coefficient (Wildman–Crippen LogP) is 5.33. The van der Waals surface area contributed by atoms with Gasteiger partial charge in [-0.05, 0) is 86.4 Å². The molecule has 2 aromatic rings. The Bertz CT molecular complexity index is 971. The fourth-order valence-electron chi connectivity index (χ4n) is 5.39. The summed E-state index contributed by atoms with van der Waals surface area (Å²) < 4.78 is 13.2. The van der Waals surface area contributed by atoms with E-state index in [1.54, 1.807) is 36.4 Å². The first-order valence-electron chi connectivity index (χ1n) is 12.1. The molecular weight excluding hydrogens is 415 g/mol. The number of benzene rings is 2. The molecule has 2 aromatic carbocycles. The van der Waals surface area contributed by atoms with Crippen LogP contribution in [0.4, 0.5) is 14.9 Å². The average molecular weight is 449 g/mol. The smallest absolute Gasteiger partial charge is 0.319 e. The zero-order valence-electron chi connectivity index (χ0n) is 19.1. The Labute approximate surface area is 196 Å². The molecule has 1 saturated carbocycles. The summed E-state index contributed by atoms with van der Waals surface area (Å²) in [4.78, 5) is 15.2. The Kier molecular flexibility index (Phi) is 7.96. The fourth-order valence-corrected chi connectivity index (χ4v) is 5.39. The minimum atomic E-state index is -0.199. The fraction of sp³-hybridized carbons (Fsp3) is 0.481. The molecule has 4 rings (SSSR count). The van der Waals surface area contributed by atoms with E-state index < -0.39 is 0 Å². The number of piperidine rings is 1. The molecule has 33 heavy (non-hydrogen) atoms. The van der Waals surface area contributed by atoms with E-state index in [1.807, 2.05) is 12.1 Å². The van der Waals surface area contributed by atoms with Crippen LogP contribution in [-0.4, -0.2) is 36.6 Å². The lowest BCUT2D eigenvalue weighted by molar-refractivity contribution is 0.123. The van der Waals surface area contributed by atoms with E-state index in [0.717, 1.165) is 45.3 Å². The van der Waals surface area contributed by atoms with Crippen LogP contribution in [0, 0.1) is 29.0 Å². The highest BCUT2D eigenvalue weighted by atomic mass is 19.1. The van der Waals surface area contributed by atoms with Gasteiger partial charge in [0.1, 0.15) is 5.82 Å². The minimum Gasteiger partial charge on any atom is -0.335 e. The summed E-state index contributed by atoms with van der Waals surface area (Å²) in [5.41, 5.74) is 2.37. The number of hydrogen-bond donors (Lipinski definition) is 2. The van der Waals surface area contributed by atoms with Gasteiger partial charge in [-0.15, -0.1) is 0 Å². The molecule has 0 spiro atoms. The molecule has 2 fully saturated rings. The maximum atomic E-state index is 13.2. The van der Waals surface area contributed by atoms with Crippen LogP contribution in [0.15, 0.2) is 48.5 Å². The number of likely N-dealkylation sites (tertiary alicyclic amines) is 1. The van der Waals surface area contributed by atoms with E-state index in [1.165, 1.54) is 24.8 Å². The van der Waals surface area contributed by atoms with Gasteiger partial charge in [0, 0.05) is 24.8 Å². The molecule has 3 atom stereocenters. The second-order valence-electron chi connectivity index (χ2n) is 9.54. The molecule has 1 aliphatic carbocycles. The maximum Gasteiger partial charge on any atom is 0.319 e. The molecule has 0 unspecified atom stereocenters. The third-order valence-corrected chi connectivity index (χ3v) is 7.01. The first-order chi connectivity index (χ1) is 16.1. The largest absolute Gasteiger partial charge is 0.335 e. The van der Waals surface area contributed by atoms with Crippen molar-refractivity contribution in [2.45, 2.75) is 51.0 Å². The quantitative estimate of drug-likeness (QED) is 0.627. The van der Waals surface area contributed by atoms with Gasteiger partial charge in [-0.2, -0.15) is 5.26 Å². The monoisotopic (exact) mass is 448 g/mol. The van der Waals surface area contributed by atoms with Crippen molar-refractivity contribution >= 4 is 11.7 Å². The Balaban J connectivity index is 1.30. The van der Waals surface area contributed by atoms with E-state index in [2.05, 4.69) is 21.6 Å². The second kappa shape index (κ2) is 11.3. The number of carbonyl (C=O) groups is 1. The molecule has 2 aliphatic rings. The first kappa shape index (κ1) is 23.3. The summed E-state index contributed by atoms with van der Waals surface area (Å²) in [6.07, 6.45) is 7.88. The number of urea groups is 1. The molecule has 5 nitrogen and oxygen atoms in total. The second-order valence-corrected chi connectivity index (χ2v) is 9.54. The Morgan fingerprint density at radius 1 is 1.09 bits per heavy atom. The first-order valence-corrected chi connectivity index (χ1v) is 12.1. The molecule has 2 amide bonds. The lowest BCUT2D eigenvalue weighted by Crippen LogP contribution is -2.49. The summed E-state index contributed by atoms with van der Waals surface area (Å²) in [5.74, 6) is 0.858. The van der Waals surface area contributed by atoms with Crippen molar-refractivity contribution in [3.05, 3.63) is 65.5 Å². The van der Waals surface area contributed by atoms with Crippen molar-refractivity contribution in [2.24, 2.45) is 11.8 Å². The van der Waals surface area contributed by atoms with Gasteiger partial charge in [-0.1, -0.05) is 31.0 Å². The number of anilines is 1. The summed E-state index contributed by atoms with van der Waals surface area (Å²) in [7, 11) is 0. The van der Waals surface area contributed by atoms with Crippen LogP contribution >= 0.6 is 0 Å². The van der Waals surface area contributed by atoms with Crippen LogP contribution in [0.3, 0.4) is 0 Å². The van der Waals surface area contributed by atoms with E-state index in [4.69, 9.17) is 5.26 Å². The van der Waals surface area contributed by atoms with Crippen LogP contribution in [0.5, 0.6) is 0 Å². The molecule has 0 radical (unpaired) electrons. The molecule has 1 aliphatic heterocycles. The molecule has 0 bridgehead atoms. The third-order valence-electron chi connectivity index (χ3n) is 7.01. The zero-order valence-corrected chi connectivity index (χ0v) is 19.1. The van der Waals surface area contributed by atoms with Gasteiger partial charge < -0.3 is 15.5 Å². The lowest BCUT2D eigenvalue weighted by Gasteiger charge is -2.39. The molecule has 1 heterocycles. The van der Waals surface area contributed by atoms with Crippen molar-refractivity contribution in [1.82, 2.24) is 10.2 Å². The number of nitrogens with one attached hydrogen (secondary N) is 2. The van der Waals surface area contributed by atoms with Gasteiger partial charge in [0.05, 0.1) is 11.6 Å². The number of halogens is 1. The van der Waals surface area contributed by atoms with Gasteiger partial charge in [-0.25, -0.2) is 9.18 Å². The third kappa shape index (κ3) is 6.79. The molecule has 1 saturated heterocycles. The van der Waals surface area contributed by atoms with Gasteiger partial charge in [-0.3, -0.25) is 0 Å². The minimum absolute atomic E-state index is 0.162. The van der Waals surface area contributed by atoms with Crippen LogP contribution in [-0.2, 0) is 6.42 Å². The van der Waals surface area contributed by atoms with E-state index in [0.29, 0.717) is 23.1 Å². The molecule has 6 heteroatoms. The van der Waals surface area contributed by atoms with E-state index in [-0.39, 0.29) is 17.9 Å². The molecular formula is C27H33FN4O. The van der Waals surface area contributed by atoms with Gasteiger partial charge in [0.2, 0.25) is 0 Å². The highest BCUT2D eigenvalue weighted by Gasteiger charge is 2.30. The van der Waals surface area contributed by atoms with Crippen LogP contribution < -0.4 is 10.6 Å². The molecule has 174 valence electrons. The summed E-state index contributed by atoms with van der Waals surface area (Å²) in [6.45, 7) is 3.18. The predicted molar refractivity (Wildman–Crippen MR) is 128 cm³/mol. The zero-order chi connectivity index (χ0) is 23.0. The van der Waals surface area contributed by atoms with Gasteiger partial charge in [0.15, 0.2) is 0 Å². The summed E-state index contributed by atoms with van der Waals surface area (Å²) in [5, 5.41) is 15.2. The number of amides is 2. The van der Waals surface area contributed by atoms with Crippen LogP contribution in [0.2, 0.25) is 0 Å². The van der Waals surface area contributed by atoms with Gasteiger partial charge >= 0.3 is 6.03 Å². The summed E-state index contributed by atoms with van der Waals surface area (Å²) >= 11 is 0. The highest BCUT2D eigenvalue weighted by Crippen LogP contribution is 2.28. The van der Waals surface area contributed by atoms with Crippen molar-refractivity contribution in [2.75, 3.05) is 25.0 Å². The number of hydrogen-bond acceptors (Lipinski definition) is 3. The maximum absolute atomic E-state index is 13.2. The lowest BCUT2D eigenvalue weighted by atomic mass is 9.83. The van der Waals surface area contributed by atoms with E-state index >= 15 is 0 Å². The SMILES string of the molecule is N#Cc1cccc(NC(=O)N[C@@H]2CCCC[C@H]2CN2CCC[C@H](Cc3ccc(F)cc3)C2)c1. The molecule has 2 N–H and O–H groups in total. The van der Waals surface area contributed by atoms with Crippen molar-refractivity contribution in [1.29, 1.82) is 5.26 Å². The Hall–Kier alpha value is -2.91. The standard InChI is InChI=1S/C27H33FN4O/c28-24-12-10-20(11-13-24)15-22-6-4-14-32(18-22)19-23-7-1-2-9-26(23)31-27(33)30-25-8-3-5-21(16-25)17-29/h3,5,8,10-13,16,22-23,26H,1-2,4,6-7,9,14-15,18-19H2,(H2,30,31,33)/t22-,23+,26-/m1/s1. The Morgan fingerprint density at radius 2 is 1.91 bits per heavy atom. The normalized spacial score (nSPS) is 23.5. The topological polar surface area (TPSA) is 68.2 Å². The number of rotatable bonds is 6. The number of nitriles is 1. The van der Waals surface area contributed by atoms with Crippen molar-refractivity contribution in [3.63, 3.8) is 0 Å². The Morgan fingerprint density at radius 3 is 2.73 bits per heavy atom. The number of nitrogens with zero attached hydrogens (tertiary/aromatic N) is 2. The molecule has 0 aromatic heterocycles. The van der Waals surface area contributed by atoms with Crippen LogP contribution in [0.1, 0.15) is 49.7 Å². The van der Waals surface area contributed by atoms with Crippen molar-refractivity contribution < 1.29 is 9.18 Å². The number of carbonyl (C=O) groups excluding carboxylic acids is 1. The van der Waals surface area contributed by atoms with E-state index in [9.17, 15) is 9.18 Å².